The van der Waals surface area contributed by atoms with E-state index >= 15 is 0 Å². The number of aryl methyl sites for hydroxylation is 2. The van der Waals surface area contributed by atoms with Crippen molar-refractivity contribution in [1.29, 1.82) is 0 Å². The average Bonchev–Trinajstić information content (AvgIpc) is 2.92. The first-order valence-corrected chi connectivity index (χ1v) is 8.87. The minimum atomic E-state index is 0. The summed E-state index contributed by atoms with van der Waals surface area (Å²) in [6.45, 7) is 4.82. The van der Waals surface area contributed by atoms with Gasteiger partial charge in [-0.05, 0) is 45.4 Å². The van der Waals surface area contributed by atoms with Crippen LogP contribution in [0.15, 0.2) is 0 Å². The summed E-state index contributed by atoms with van der Waals surface area (Å²) in [6, 6.07) is 1.34. The van der Waals surface area contributed by atoms with Crippen molar-refractivity contribution < 1.29 is 4.79 Å². The molecule has 0 spiro atoms. The summed E-state index contributed by atoms with van der Waals surface area (Å²) in [5.74, 6) is 0.802. The topological polar surface area (TPSA) is 54.0 Å². The molecule has 2 aliphatic rings. The van der Waals surface area contributed by atoms with Gasteiger partial charge in [0.05, 0.1) is 10.7 Å². The van der Waals surface area contributed by atoms with Gasteiger partial charge in [-0.2, -0.15) is 0 Å². The number of rotatable bonds is 5. The molecule has 3 heterocycles. The van der Waals surface area contributed by atoms with Crippen LogP contribution >= 0.6 is 36.2 Å². The third-order valence-electron chi connectivity index (χ3n) is 4.72. The van der Waals surface area contributed by atoms with Crippen LogP contribution in [0.4, 0.5) is 0 Å². The number of piperidine rings is 1. The summed E-state index contributed by atoms with van der Waals surface area (Å²) in [6.07, 6.45) is 6.56. The Morgan fingerprint density at radius 1 is 1.26 bits per heavy atom. The second-order valence-corrected chi connectivity index (χ2v) is 7.81. The monoisotopic (exact) mass is 379 g/mol. The summed E-state index contributed by atoms with van der Waals surface area (Å²) in [4.78, 5) is 17.8. The van der Waals surface area contributed by atoms with Crippen molar-refractivity contribution in [2.24, 2.45) is 5.92 Å². The second kappa shape index (κ2) is 9.21. The van der Waals surface area contributed by atoms with Gasteiger partial charge in [-0.25, -0.2) is 4.98 Å². The van der Waals surface area contributed by atoms with Gasteiger partial charge in [0.25, 0.3) is 0 Å². The maximum Gasteiger partial charge on any atom is 0.220 e. The van der Waals surface area contributed by atoms with Crippen LogP contribution in [0.3, 0.4) is 0 Å². The lowest BCUT2D eigenvalue weighted by atomic mass is 9.89. The summed E-state index contributed by atoms with van der Waals surface area (Å²) in [5, 5.41) is 7.82. The van der Waals surface area contributed by atoms with Crippen molar-refractivity contribution >= 4 is 42.1 Å². The first-order valence-electron chi connectivity index (χ1n) is 8.06. The maximum absolute atomic E-state index is 12.1. The van der Waals surface area contributed by atoms with Crippen LogP contribution in [-0.2, 0) is 11.2 Å². The normalized spacial score (nSPS) is 25.4. The van der Waals surface area contributed by atoms with Crippen molar-refractivity contribution in [3.8, 4) is 0 Å². The van der Waals surface area contributed by atoms with Crippen molar-refractivity contribution in [3.05, 3.63) is 15.6 Å². The van der Waals surface area contributed by atoms with Gasteiger partial charge in [-0.3, -0.25) is 4.79 Å². The molecule has 0 saturated carbocycles. The van der Waals surface area contributed by atoms with E-state index in [1.54, 1.807) is 11.3 Å². The number of halogens is 2. The molecule has 2 fully saturated rings. The SMILES string of the molecule is Cc1nc(C)c(CCNC(=O)CC2CC3CCC(C2)N3)s1.Cl.Cl. The Kier molecular flexibility index (Phi) is 8.28. The Labute approximate surface area is 155 Å². The average molecular weight is 380 g/mol. The number of hydrogen-bond donors (Lipinski definition) is 2. The third-order valence-corrected chi connectivity index (χ3v) is 5.85. The van der Waals surface area contributed by atoms with Crippen molar-refractivity contribution in [3.63, 3.8) is 0 Å². The van der Waals surface area contributed by atoms with E-state index in [-0.39, 0.29) is 30.7 Å². The summed E-state index contributed by atoms with van der Waals surface area (Å²) in [7, 11) is 0. The molecular weight excluding hydrogens is 353 g/mol. The van der Waals surface area contributed by atoms with Crippen LogP contribution in [0.2, 0.25) is 0 Å². The quantitative estimate of drug-likeness (QED) is 0.825. The second-order valence-electron chi connectivity index (χ2n) is 6.52. The molecule has 3 rings (SSSR count). The van der Waals surface area contributed by atoms with Crippen LogP contribution in [0.5, 0.6) is 0 Å². The minimum Gasteiger partial charge on any atom is -0.356 e. The van der Waals surface area contributed by atoms with Crippen LogP contribution < -0.4 is 10.6 Å². The molecule has 2 unspecified atom stereocenters. The highest BCUT2D eigenvalue weighted by atomic mass is 35.5. The standard InChI is InChI=1S/C16H25N3OS.2ClH/c1-10-15(21-11(2)18-10)5-6-17-16(20)9-12-7-13-3-4-14(8-12)19-13;;/h12-14,19H,3-9H2,1-2H3,(H,17,20);2*1H. The zero-order chi connectivity index (χ0) is 14.8. The minimum absolute atomic E-state index is 0. The number of thiazole rings is 1. The van der Waals surface area contributed by atoms with Gasteiger partial charge in [-0.1, -0.05) is 0 Å². The zero-order valence-corrected chi connectivity index (χ0v) is 16.2. The van der Waals surface area contributed by atoms with E-state index in [2.05, 4.69) is 15.6 Å². The zero-order valence-electron chi connectivity index (χ0n) is 13.8. The molecule has 1 aromatic rings. The van der Waals surface area contributed by atoms with Gasteiger partial charge in [-0.15, -0.1) is 36.2 Å². The highest BCUT2D eigenvalue weighted by molar-refractivity contribution is 7.11. The number of carbonyl (C=O) groups is 1. The number of amides is 1. The van der Waals surface area contributed by atoms with Crippen LogP contribution in [-0.4, -0.2) is 29.5 Å². The summed E-state index contributed by atoms with van der Waals surface area (Å²) < 4.78 is 0. The van der Waals surface area contributed by atoms with Crippen LogP contribution in [0.25, 0.3) is 0 Å². The Hall–Kier alpha value is -0.360. The van der Waals surface area contributed by atoms with Gasteiger partial charge in [0.1, 0.15) is 0 Å². The molecule has 0 aromatic carbocycles. The number of carbonyl (C=O) groups excluding carboxylic acids is 1. The van der Waals surface area contributed by atoms with Gasteiger partial charge in [0.2, 0.25) is 5.91 Å². The molecule has 2 bridgehead atoms. The van der Waals surface area contributed by atoms with Gasteiger partial charge < -0.3 is 10.6 Å². The smallest absolute Gasteiger partial charge is 0.220 e. The molecule has 2 atom stereocenters. The van der Waals surface area contributed by atoms with Gasteiger partial charge >= 0.3 is 0 Å². The van der Waals surface area contributed by atoms with Gasteiger partial charge in [0, 0.05) is 36.3 Å². The predicted molar refractivity (Wildman–Crippen MR) is 100 cm³/mol. The molecule has 2 N–H and O–H groups in total. The molecule has 7 heteroatoms. The first kappa shape index (κ1) is 20.7. The predicted octanol–water partition coefficient (Wildman–Crippen LogP) is 3.18. The van der Waals surface area contributed by atoms with Crippen molar-refractivity contribution in [1.82, 2.24) is 15.6 Å². The Morgan fingerprint density at radius 2 is 1.91 bits per heavy atom. The van der Waals surface area contributed by atoms with E-state index in [1.807, 2.05) is 13.8 Å². The molecule has 132 valence electrons. The molecule has 0 aliphatic carbocycles. The largest absolute Gasteiger partial charge is 0.356 e. The van der Waals surface area contributed by atoms with E-state index in [0.29, 0.717) is 24.4 Å². The molecular formula is C16H27Cl2N3OS. The van der Waals surface area contributed by atoms with E-state index in [9.17, 15) is 4.79 Å². The fourth-order valence-electron chi connectivity index (χ4n) is 3.80. The lowest BCUT2D eigenvalue weighted by molar-refractivity contribution is -0.122. The van der Waals surface area contributed by atoms with Crippen molar-refractivity contribution in [2.45, 2.75) is 64.5 Å². The summed E-state index contributed by atoms with van der Waals surface area (Å²) in [5.41, 5.74) is 1.11. The molecule has 2 saturated heterocycles. The lowest BCUT2D eigenvalue weighted by Gasteiger charge is -2.28. The Morgan fingerprint density at radius 3 is 2.48 bits per heavy atom. The Bertz CT molecular complexity index is 511. The van der Waals surface area contributed by atoms with E-state index in [1.165, 1.54) is 30.6 Å². The molecule has 23 heavy (non-hydrogen) atoms. The fourth-order valence-corrected chi connectivity index (χ4v) is 4.73. The molecule has 1 aromatic heterocycles. The number of hydrogen-bond acceptors (Lipinski definition) is 4. The fraction of sp³-hybridized carbons (Fsp3) is 0.750. The Balaban J connectivity index is 0.00000132. The first-order chi connectivity index (χ1) is 10.1. The van der Waals surface area contributed by atoms with E-state index in [4.69, 9.17) is 0 Å². The number of nitrogens with one attached hydrogen (secondary N) is 2. The lowest BCUT2D eigenvalue weighted by Crippen LogP contribution is -2.39. The summed E-state index contributed by atoms with van der Waals surface area (Å²) >= 11 is 1.74. The molecule has 0 radical (unpaired) electrons. The van der Waals surface area contributed by atoms with E-state index < -0.39 is 0 Å². The molecule has 1 amide bonds. The molecule has 2 aliphatic heterocycles. The van der Waals surface area contributed by atoms with Gasteiger partial charge in [0.15, 0.2) is 0 Å². The number of aromatic nitrogens is 1. The highest BCUT2D eigenvalue weighted by Gasteiger charge is 2.34. The maximum atomic E-state index is 12.1. The van der Waals surface area contributed by atoms with E-state index in [0.717, 1.165) is 23.7 Å². The molecule has 4 nitrogen and oxygen atoms in total. The van der Waals surface area contributed by atoms with Crippen molar-refractivity contribution in [2.75, 3.05) is 6.54 Å². The van der Waals surface area contributed by atoms with Crippen LogP contribution in [0, 0.1) is 19.8 Å². The number of fused-ring (bicyclic) bond motifs is 2. The highest BCUT2D eigenvalue weighted by Crippen LogP contribution is 2.32. The number of nitrogens with zero attached hydrogens (tertiary/aromatic N) is 1. The van der Waals surface area contributed by atoms with Crippen LogP contribution in [0.1, 0.15) is 47.7 Å². The third kappa shape index (κ3) is 5.59.